The monoisotopic (exact) mass is 301 g/mol. The molecule has 0 saturated heterocycles. The van der Waals surface area contributed by atoms with Crippen LogP contribution in [0.1, 0.15) is 11.1 Å². The first-order valence-electron chi connectivity index (χ1n) is 6.62. The smallest absolute Gasteiger partial charge is 0.241 e. The van der Waals surface area contributed by atoms with Gasteiger partial charge in [0, 0.05) is 11.6 Å². The van der Waals surface area contributed by atoms with Crippen molar-refractivity contribution in [3.05, 3.63) is 65.5 Å². The summed E-state index contributed by atoms with van der Waals surface area (Å²) in [7, 11) is 1.52. The number of methoxy groups -OCH3 is 1. The molecule has 2 rings (SSSR count). The van der Waals surface area contributed by atoms with E-state index in [9.17, 15) is 9.18 Å². The molecule has 2 N–H and O–H groups in total. The van der Waals surface area contributed by atoms with E-state index in [0.717, 1.165) is 0 Å². The van der Waals surface area contributed by atoms with Crippen LogP contribution in [0, 0.1) is 5.82 Å². The fourth-order valence-electron chi connectivity index (χ4n) is 1.93. The van der Waals surface area contributed by atoms with Gasteiger partial charge in [0.25, 0.3) is 0 Å². The Kier molecular flexibility index (Phi) is 5.14. The minimum absolute atomic E-state index is 0.176. The fraction of sp³-hybridized carbons (Fsp3) is 0.118. The molecule has 0 aromatic heterocycles. The predicted molar refractivity (Wildman–Crippen MR) is 82.0 cm³/mol. The molecule has 0 fully saturated rings. The van der Waals surface area contributed by atoms with Crippen molar-refractivity contribution in [2.75, 3.05) is 7.11 Å². The Morgan fingerprint density at radius 2 is 2.05 bits per heavy atom. The first-order valence-corrected chi connectivity index (χ1v) is 6.62. The van der Waals surface area contributed by atoms with Gasteiger partial charge in [-0.2, -0.15) is 0 Å². The Morgan fingerprint density at radius 1 is 1.27 bits per heavy atom. The minimum Gasteiger partial charge on any atom is -0.493 e. The van der Waals surface area contributed by atoms with Crippen LogP contribution in [0.2, 0.25) is 0 Å². The van der Waals surface area contributed by atoms with Gasteiger partial charge in [-0.25, -0.2) is 4.39 Å². The maximum atomic E-state index is 13.2. The highest BCUT2D eigenvalue weighted by molar-refractivity contribution is 5.90. The molecule has 2 aromatic carbocycles. The van der Waals surface area contributed by atoms with Gasteiger partial charge in [0.15, 0.2) is 11.5 Å². The second-order valence-electron chi connectivity index (χ2n) is 4.53. The van der Waals surface area contributed by atoms with E-state index in [1.54, 1.807) is 36.4 Å². The average Bonchev–Trinajstić information content (AvgIpc) is 2.51. The Labute approximate surface area is 128 Å². The number of rotatable bonds is 6. The summed E-state index contributed by atoms with van der Waals surface area (Å²) < 4.78 is 24.2. The second-order valence-corrected chi connectivity index (χ2v) is 4.53. The summed E-state index contributed by atoms with van der Waals surface area (Å²) in [4.78, 5) is 10.9. The van der Waals surface area contributed by atoms with E-state index in [4.69, 9.17) is 15.2 Å². The number of carbonyl (C=O) groups is 1. The van der Waals surface area contributed by atoms with E-state index in [2.05, 4.69) is 0 Å². The van der Waals surface area contributed by atoms with Crippen molar-refractivity contribution < 1.29 is 18.7 Å². The molecule has 0 spiro atoms. The zero-order valence-corrected chi connectivity index (χ0v) is 12.1. The van der Waals surface area contributed by atoms with E-state index < -0.39 is 5.91 Å². The number of ether oxygens (including phenoxy) is 2. The van der Waals surface area contributed by atoms with Crippen LogP contribution in [0.3, 0.4) is 0 Å². The maximum absolute atomic E-state index is 13.2. The number of nitrogens with two attached hydrogens (primary N) is 1. The van der Waals surface area contributed by atoms with Gasteiger partial charge in [-0.05, 0) is 29.8 Å². The molecule has 5 heteroatoms. The number of primary amides is 1. The third-order valence-electron chi connectivity index (χ3n) is 2.93. The molecule has 0 aliphatic rings. The van der Waals surface area contributed by atoms with Gasteiger partial charge < -0.3 is 15.2 Å². The van der Waals surface area contributed by atoms with Crippen molar-refractivity contribution in [3.63, 3.8) is 0 Å². The Hall–Kier alpha value is -2.82. The van der Waals surface area contributed by atoms with Crippen molar-refractivity contribution >= 4 is 12.0 Å². The van der Waals surface area contributed by atoms with Crippen LogP contribution in [0.5, 0.6) is 11.5 Å². The van der Waals surface area contributed by atoms with Crippen LogP contribution in [0.25, 0.3) is 6.08 Å². The summed E-state index contributed by atoms with van der Waals surface area (Å²) in [6, 6.07) is 11.4. The van der Waals surface area contributed by atoms with Crippen molar-refractivity contribution in [1.82, 2.24) is 0 Å². The third kappa shape index (κ3) is 4.09. The topological polar surface area (TPSA) is 61.5 Å². The highest BCUT2D eigenvalue weighted by Crippen LogP contribution is 2.32. The molecule has 0 heterocycles. The predicted octanol–water partition coefficient (Wildman–Crippen LogP) is 2.91. The SMILES string of the molecule is COc1cccc(/C=C\C(N)=O)c1OCc1cccc(F)c1. The number of hydrogen-bond donors (Lipinski definition) is 1. The van der Waals surface area contributed by atoms with Gasteiger partial charge in [0.2, 0.25) is 5.91 Å². The molecule has 2 aromatic rings. The molecule has 22 heavy (non-hydrogen) atoms. The number of amides is 1. The van der Waals surface area contributed by atoms with Gasteiger partial charge in [0.05, 0.1) is 7.11 Å². The van der Waals surface area contributed by atoms with Crippen molar-refractivity contribution in [2.45, 2.75) is 6.61 Å². The van der Waals surface area contributed by atoms with Gasteiger partial charge in [-0.15, -0.1) is 0 Å². The van der Waals surface area contributed by atoms with Crippen LogP contribution in [-0.4, -0.2) is 13.0 Å². The minimum atomic E-state index is -0.557. The lowest BCUT2D eigenvalue weighted by Gasteiger charge is -2.13. The summed E-state index contributed by atoms with van der Waals surface area (Å²) in [6.07, 6.45) is 2.79. The normalized spacial score (nSPS) is 10.6. The molecular formula is C17H16FNO3. The molecule has 0 unspecified atom stereocenters. The number of carbonyl (C=O) groups excluding carboxylic acids is 1. The quantitative estimate of drug-likeness (QED) is 0.834. The van der Waals surface area contributed by atoms with Crippen LogP contribution >= 0.6 is 0 Å². The van der Waals surface area contributed by atoms with Gasteiger partial charge in [-0.1, -0.05) is 24.3 Å². The highest BCUT2D eigenvalue weighted by Gasteiger charge is 2.09. The molecule has 0 saturated carbocycles. The highest BCUT2D eigenvalue weighted by atomic mass is 19.1. The third-order valence-corrected chi connectivity index (χ3v) is 2.93. The lowest BCUT2D eigenvalue weighted by atomic mass is 10.1. The summed E-state index contributed by atoms with van der Waals surface area (Å²) in [5, 5.41) is 0. The number of para-hydroxylation sites is 1. The maximum Gasteiger partial charge on any atom is 0.241 e. The van der Waals surface area contributed by atoms with Gasteiger partial charge in [0.1, 0.15) is 12.4 Å². The van der Waals surface area contributed by atoms with Crippen molar-refractivity contribution in [1.29, 1.82) is 0 Å². The van der Waals surface area contributed by atoms with Crippen LogP contribution in [0.15, 0.2) is 48.5 Å². The number of benzene rings is 2. The fourth-order valence-corrected chi connectivity index (χ4v) is 1.93. The summed E-state index contributed by atoms with van der Waals surface area (Å²) >= 11 is 0. The summed E-state index contributed by atoms with van der Waals surface area (Å²) in [5.41, 5.74) is 6.44. The Balaban J connectivity index is 2.26. The molecule has 0 bridgehead atoms. The molecule has 0 aliphatic heterocycles. The lowest BCUT2D eigenvalue weighted by molar-refractivity contribution is -0.113. The molecule has 4 nitrogen and oxygen atoms in total. The zero-order chi connectivity index (χ0) is 15.9. The molecule has 1 amide bonds. The summed E-state index contributed by atoms with van der Waals surface area (Å²) in [5.74, 6) is 0.101. The summed E-state index contributed by atoms with van der Waals surface area (Å²) in [6.45, 7) is 0.176. The van der Waals surface area contributed by atoms with Crippen molar-refractivity contribution in [3.8, 4) is 11.5 Å². The van der Waals surface area contributed by atoms with E-state index in [1.807, 2.05) is 0 Å². The number of halogens is 1. The average molecular weight is 301 g/mol. The van der Waals surface area contributed by atoms with Crippen LogP contribution in [0.4, 0.5) is 4.39 Å². The van der Waals surface area contributed by atoms with Crippen molar-refractivity contribution in [2.24, 2.45) is 5.73 Å². The Bertz CT molecular complexity index is 698. The zero-order valence-electron chi connectivity index (χ0n) is 12.1. The van der Waals surface area contributed by atoms with E-state index in [-0.39, 0.29) is 12.4 Å². The molecule has 0 radical (unpaired) electrons. The largest absolute Gasteiger partial charge is 0.493 e. The van der Waals surface area contributed by atoms with Crippen LogP contribution < -0.4 is 15.2 Å². The number of hydrogen-bond acceptors (Lipinski definition) is 3. The van der Waals surface area contributed by atoms with Crippen LogP contribution in [-0.2, 0) is 11.4 Å². The van der Waals surface area contributed by atoms with E-state index in [0.29, 0.717) is 22.6 Å². The molecule has 0 aliphatic carbocycles. The second kappa shape index (κ2) is 7.26. The molecule has 0 atom stereocenters. The van der Waals surface area contributed by atoms with Gasteiger partial charge in [-0.3, -0.25) is 4.79 Å². The standard InChI is InChI=1S/C17H16FNO3/c1-21-15-7-3-5-13(8-9-16(19)20)17(15)22-11-12-4-2-6-14(18)10-12/h2-10H,11H2,1H3,(H2,19,20)/b9-8-. The molecular weight excluding hydrogens is 285 g/mol. The Morgan fingerprint density at radius 3 is 2.73 bits per heavy atom. The molecule has 114 valence electrons. The lowest BCUT2D eigenvalue weighted by Crippen LogP contribution is -2.05. The first kappa shape index (κ1) is 15.6. The first-order chi connectivity index (χ1) is 10.6. The van der Waals surface area contributed by atoms with E-state index in [1.165, 1.54) is 25.3 Å². The van der Waals surface area contributed by atoms with E-state index >= 15 is 0 Å². The van der Waals surface area contributed by atoms with Gasteiger partial charge >= 0.3 is 0 Å².